The zero-order chi connectivity index (χ0) is 21.0. The van der Waals surface area contributed by atoms with Gasteiger partial charge in [0, 0.05) is 39.5 Å². The van der Waals surface area contributed by atoms with Gasteiger partial charge in [-0.25, -0.2) is 4.98 Å². The summed E-state index contributed by atoms with van der Waals surface area (Å²) in [5.74, 6) is 0.0906. The molecule has 1 fully saturated rings. The highest BCUT2D eigenvalue weighted by atomic mass is 32.1. The summed E-state index contributed by atoms with van der Waals surface area (Å²) in [6.07, 6.45) is 14.9. The van der Waals surface area contributed by atoms with Gasteiger partial charge in [0.25, 0.3) is 0 Å². The third-order valence-corrected chi connectivity index (χ3v) is 5.98. The number of aromatic amines is 1. The van der Waals surface area contributed by atoms with Gasteiger partial charge in [-0.15, -0.1) is 11.3 Å². The van der Waals surface area contributed by atoms with E-state index in [0.29, 0.717) is 0 Å². The minimum atomic E-state index is 0.0906. The van der Waals surface area contributed by atoms with Crippen LogP contribution in [0.2, 0.25) is 0 Å². The number of nitrogens with zero attached hydrogens (tertiary/aromatic N) is 1. The van der Waals surface area contributed by atoms with Crippen molar-refractivity contribution in [2.24, 2.45) is 0 Å². The molecule has 29 heavy (non-hydrogen) atoms. The quantitative estimate of drug-likeness (QED) is 0.378. The molecular weight excluding hydrogens is 376 g/mol. The van der Waals surface area contributed by atoms with Crippen molar-refractivity contribution in [3.63, 3.8) is 0 Å². The predicted molar refractivity (Wildman–Crippen MR) is 125 cm³/mol. The first-order valence-corrected chi connectivity index (χ1v) is 10.9. The topological polar surface area (TPSA) is 45.8 Å². The van der Waals surface area contributed by atoms with Crippen LogP contribution in [0.4, 0.5) is 0 Å². The van der Waals surface area contributed by atoms with Gasteiger partial charge in [0.2, 0.25) is 0 Å². The number of carbonyl (C=O) groups excluding carboxylic acids is 1. The maximum atomic E-state index is 12.1. The Balaban J connectivity index is 2.07. The van der Waals surface area contributed by atoms with Crippen molar-refractivity contribution < 1.29 is 4.79 Å². The van der Waals surface area contributed by atoms with Gasteiger partial charge in [0.1, 0.15) is 5.01 Å². The van der Waals surface area contributed by atoms with E-state index in [-0.39, 0.29) is 5.78 Å². The summed E-state index contributed by atoms with van der Waals surface area (Å²) in [6, 6.07) is 0. The molecule has 1 saturated carbocycles. The summed E-state index contributed by atoms with van der Waals surface area (Å²) < 4.78 is 0. The minimum absolute atomic E-state index is 0.0906. The van der Waals surface area contributed by atoms with Crippen LogP contribution in [0.15, 0.2) is 59.2 Å². The molecule has 2 aromatic rings. The van der Waals surface area contributed by atoms with E-state index >= 15 is 0 Å². The molecular formula is C25H28N2OS. The molecule has 0 bridgehead atoms. The zero-order valence-corrected chi connectivity index (χ0v) is 18.5. The lowest BCUT2D eigenvalue weighted by Gasteiger charge is -2.07. The molecule has 1 N–H and O–H groups in total. The normalized spacial score (nSPS) is 14.6. The predicted octanol–water partition coefficient (Wildman–Crippen LogP) is 7.06. The van der Waals surface area contributed by atoms with Crippen molar-refractivity contribution in [3.05, 3.63) is 75.4 Å². The Morgan fingerprint density at radius 2 is 2.10 bits per heavy atom. The van der Waals surface area contributed by atoms with Crippen LogP contribution in [-0.4, -0.2) is 15.8 Å². The Bertz CT molecular complexity index is 1050. The first kappa shape index (κ1) is 21.0. The molecule has 3 nitrogen and oxygen atoms in total. The third kappa shape index (κ3) is 4.83. The van der Waals surface area contributed by atoms with Gasteiger partial charge in [-0.05, 0) is 51.7 Å². The van der Waals surface area contributed by atoms with Gasteiger partial charge in [-0.3, -0.25) is 4.79 Å². The number of hydrogen-bond donors (Lipinski definition) is 1. The number of rotatable bonds is 8. The van der Waals surface area contributed by atoms with Gasteiger partial charge >= 0.3 is 0 Å². The molecule has 0 amide bonds. The van der Waals surface area contributed by atoms with Crippen LogP contribution in [0.1, 0.15) is 56.3 Å². The molecule has 2 heterocycles. The number of nitrogens with one attached hydrogen (secondary N) is 1. The van der Waals surface area contributed by atoms with E-state index in [0.717, 1.165) is 57.9 Å². The fourth-order valence-electron chi connectivity index (χ4n) is 3.29. The highest BCUT2D eigenvalue weighted by Crippen LogP contribution is 2.40. The summed E-state index contributed by atoms with van der Waals surface area (Å²) in [6.45, 7) is 11.6. The van der Waals surface area contributed by atoms with Crippen molar-refractivity contribution in [3.8, 4) is 11.3 Å². The van der Waals surface area contributed by atoms with E-state index in [2.05, 4.69) is 43.8 Å². The van der Waals surface area contributed by atoms with Crippen molar-refractivity contribution in [1.29, 1.82) is 0 Å². The van der Waals surface area contributed by atoms with E-state index in [9.17, 15) is 4.79 Å². The van der Waals surface area contributed by atoms with Gasteiger partial charge in [-0.2, -0.15) is 0 Å². The summed E-state index contributed by atoms with van der Waals surface area (Å²) in [5, 5.41) is 3.05. The van der Waals surface area contributed by atoms with E-state index < -0.39 is 0 Å². The molecule has 0 radical (unpaired) electrons. The number of thiazole rings is 1. The van der Waals surface area contributed by atoms with Crippen LogP contribution >= 0.6 is 11.3 Å². The number of hydrogen-bond acceptors (Lipinski definition) is 3. The Morgan fingerprint density at radius 3 is 2.72 bits per heavy atom. The average molecular weight is 405 g/mol. The molecule has 0 atom stereocenters. The van der Waals surface area contributed by atoms with Gasteiger partial charge in [0.15, 0.2) is 5.78 Å². The second-order valence-electron chi connectivity index (χ2n) is 7.28. The number of aryl methyl sites for hydroxylation is 1. The molecule has 2 aromatic heterocycles. The summed E-state index contributed by atoms with van der Waals surface area (Å²) in [4.78, 5) is 20.4. The van der Waals surface area contributed by atoms with Crippen LogP contribution in [0, 0.1) is 6.92 Å². The molecule has 1 aliphatic rings. The van der Waals surface area contributed by atoms with Crippen LogP contribution in [-0.2, 0) is 4.79 Å². The van der Waals surface area contributed by atoms with E-state index in [4.69, 9.17) is 4.98 Å². The average Bonchev–Trinajstić information content (AvgIpc) is 3.33. The molecule has 0 saturated heterocycles. The van der Waals surface area contributed by atoms with Crippen LogP contribution in [0.25, 0.3) is 22.9 Å². The molecule has 0 aromatic carbocycles. The Hall–Kier alpha value is -2.72. The number of carbonyl (C=O) groups is 1. The van der Waals surface area contributed by atoms with Crippen LogP contribution < -0.4 is 0 Å². The van der Waals surface area contributed by atoms with Crippen LogP contribution in [0.5, 0.6) is 0 Å². The lowest BCUT2D eigenvalue weighted by atomic mass is 10.0. The van der Waals surface area contributed by atoms with Gasteiger partial charge in [0.05, 0.1) is 5.69 Å². The lowest BCUT2D eigenvalue weighted by Crippen LogP contribution is -1.96. The fraction of sp³-hybridized carbons (Fsp3) is 0.280. The summed E-state index contributed by atoms with van der Waals surface area (Å²) >= 11 is 1.63. The zero-order valence-electron chi connectivity index (χ0n) is 17.6. The standard InChI is InChI=1S/C25H28N2OS/c1-6-8-10-21-17(4)26-14-23(21)24-15-29-25(27-24)22(16(3)19-11-12-19)13-20(9-7-2)18(5)28/h6,8-10,13-15,26H,1,7,11-12H2,2-5H3/b10-8-,20-9+,22-13+. The maximum Gasteiger partial charge on any atom is 0.159 e. The SMILES string of the molecule is C=C/C=C\c1c(-c2csc(/C(=C/C(=C\CC)C(C)=O)C(C)=C3CC3)n2)c[nH]c1C. The third-order valence-electron chi connectivity index (χ3n) is 5.10. The number of allylic oxidation sites excluding steroid dienone is 8. The number of aromatic nitrogens is 2. The molecule has 0 spiro atoms. The molecule has 0 aliphatic heterocycles. The number of Topliss-reactive ketones (excluding diaryl/α,β-unsaturated/α-hetero) is 1. The van der Waals surface area contributed by atoms with Crippen molar-refractivity contribution >= 4 is 28.8 Å². The summed E-state index contributed by atoms with van der Waals surface area (Å²) in [7, 11) is 0. The number of H-pyrrole nitrogens is 1. The minimum Gasteiger partial charge on any atom is -0.364 e. The fourth-order valence-corrected chi connectivity index (χ4v) is 4.18. The Morgan fingerprint density at radius 1 is 1.34 bits per heavy atom. The van der Waals surface area contributed by atoms with Crippen molar-refractivity contribution in [1.82, 2.24) is 9.97 Å². The van der Waals surface area contributed by atoms with E-state index in [1.807, 2.05) is 24.4 Å². The number of ketones is 1. The Kier molecular flexibility index (Phi) is 6.65. The first-order chi connectivity index (χ1) is 14.0. The smallest absolute Gasteiger partial charge is 0.159 e. The molecule has 4 heteroatoms. The first-order valence-electron chi connectivity index (χ1n) is 10.0. The van der Waals surface area contributed by atoms with Crippen molar-refractivity contribution in [2.45, 2.75) is 47.0 Å². The second kappa shape index (κ2) is 9.19. The molecule has 3 rings (SSSR count). The summed E-state index contributed by atoms with van der Waals surface area (Å²) in [5.41, 5.74) is 8.79. The highest BCUT2D eigenvalue weighted by Gasteiger charge is 2.21. The molecule has 0 unspecified atom stereocenters. The molecule has 150 valence electrons. The van der Waals surface area contributed by atoms with Crippen LogP contribution in [0.3, 0.4) is 0 Å². The molecule has 1 aliphatic carbocycles. The van der Waals surface area contributed by atoms with Gasteiger partial charge in [-0.1, -0.05) is 43.4 Å². The lowest BCUT2D eigenvalue weighted by molar-refractivity contribution is -0.113. The Labute approximate surface area is 177 Å². The highest BCUT2D eigenvalue weighted by molar-refractivity contribution is 7.11. The monoisotopic (exact) mass is 404 g/mol. The second-order valence-corrected chi connectivity index (χ2v) is 8.14. The van der Waals surface area contributed by atoms with E-state index in [1.165, 1.54) is 11.1 Å². The van der Waals surface area contributed by atoms with Crippen molar-refractivity contribution in [2.75, 3.05) is 0 Å². The van der Waals surface area contributed by atoms with Gasteiger partial charge < -0.3 is 4.98 Å². The largest absolute Gasteiger partial charge is 0.364 e. The van der Waals surface area contributed by atoms with E-state index in [1.54, 1.807) is 24.3 Å². The maximum absolute atomic E-state index is 12.1.